The molecule has 1 N–H and O–H groups in total. The largest absolute Gasteiger partial charge is 0.478 e. The van der Waals surface area contributed by atoms with Crippen molar-refractivity contribution in [1.29, 1.82) is 0 Å². The van der Waals surface area contributed by atoms with Gasteiger partial charge < -0.3 is 9.52 Å². The number of benzene rings is 2. The summed E-state index contributed by atoms with van der Waals surface area (Å²) >= 11 is 3.03. The van der Waals surface area contributed by atoms with Crippen LogP contribution in [-0.4, -0.2) is 16.1 Å². The highest BCUT2D eigenvalue weighted by Gasteiger charge is 2.13. The number of thiazole rings is 1. The Bertz CT molecular complexity index is 1020. The van der Waals surface area contributed by atoms with Crippen molar-refractivity contribution < 1.29 is 14.3 Å². The molecule has 2 aromatic carbocycles. The molecule has 4 rings (SSSR count). The lowest BCUT2D eigenvalue weighted by atomic mass is 10.2. The number of nitrogens with zero attached hydrogens (tertiary/aromatic N) is 1. The third-order valence-electron chi connectivity index (χ3n) is 3.70. The molecule has 0 saturated heterocycles. The van der Waals surface area contributed by atoms with Gasteiger partial charge in [0.2, 0.25) is 0 Å². The molecule has 0 atom stereocenters. The molecule has 124 valence electrons. The van der Waals surface area contributed by atoms with Crippen LogP contribution in [0, 0.1) is 0 Å². The van der Waals surface area contributed by atoms with Crippen LogP contribution in [0.4, 0.5) is 0 Å². The zero-order chi connectivity index (χ0) is 17.2. The van der Waals surface area contributed by atoms with Crippen LogP contribution in [0.2, 0.25) is 0 Å². The van der Waals surface area contributed by atoms with Crippen LogP contribution in [0.5, 0.6) is 0 Å². The number of hydrogen-bond donors (Lipinski definition) is 1. The Morgan fingerprint density at radius 1 is 1.16 bits per heavy atom. The summed E-state index contributed by atoms with van der Waals surface area (Å²) in [6, 6.07) is 16.9. The van der Waals surface area contributed by atoms with Gasteiger partial charge in [0.05, 0.1) is 11.3 Å². The van der Waals surface area contributed by atoms with Crippen LogP contribution in [0.15, 0.2) is 69.3 Å². The van der Waals surface area contributed by atoms with Gasteiger partial charge in [0, 0.05) is 15.7 Å². The van der Waals surface area contributed by atoms with E-state index in [0.29, 0.717) is 11.3 Å². The lowest BCUT2D eigenvalue weighted by molar-refractivity contribution is 0.0693. The molecule has 0 bridgehead atoms. The van der Waals surface area contributed by atoms with Crippen LogP contribution in [-0.2, 0) is 5.75 Å². The molecule has 0 aliphatic carbocycles. The minimum Gasteiger partial charge on any atom is -0.478 e. The Labute approximate surface area is 152 Å². The molecule has 4 nitrogen and oxygen atoms in total. The van der Waals surface area contributed by atoms with E-state index in [1.165, 1.54) is 11.8 Å². The van der Waals surface area contributed by atoms with E-state index in [-0.39, 0.29) is 0 Å². The topological polar surface area (TPSA) is 63.3 Å². The monoisotopic (exact) mass is 367 g/mol. The van der Waals surface area contributed by atoms with E-state index in [9.17, 15) is 9.90 Å². The van der Waals surface area contributed by atoms with Crippen LogP contribution in [0.1, 0.15) is 15.4 Å². The molecule has 0 aliphatic heterocycles. The van der Waals surface area contributed by atoms with Gasteiger partial charge in [0.25, 0.3) is 0 Å². The lowest BCUT2D eigenvalue weighted by Gasteiger charge is -2.03. The molecular weight excluding hydrogens is 354 g/mol. The van der Waals surface area contributed by atoms with E-state index in [1.54, 1.807) is 23.5 Å². The fraction of sp³-hybridized carbons (Fsp3) is 0.0526. The first-order valence-corrected chi connectivity index (χ1v) is 9.46. The van der Waals surface area contributed by atoms with Crippen molar-refractivity contribution >= 4 is 40.0 Å². The summed E-state index contributed by atoms with van der Waals surface area (Å²) < 4.78 is 5.84. The number of aromatic carboxylic acids is 1. The minimum atomic E-state index is -0.912. The zero-order valence-corrected chi connectivity index (χ0v) is 14.6. The van der Waals surface area contributed by atoms with Crippen molar-refractivity contribution in [3.8, 4) is 11.5 Å². The maximum absolute atomic E-state index is 11.3. The van der Waals surface area contributed by atoms with Crippen molar-refractivity contribution in [3.05, 3.63) is 70.5 Å². The fourth-order valence-electron chi connectivity index (χ4n) is 2.51. The highest BCUT2D eigenvalue weighted by Crippen LogP contribution is 2.32. The number of thioether (sulfide) groups is 1. The van der Waals surface area contributed by atoms with Gasteiger partial charge in [-0.15, -0.1) is 23.1 Å². The summed E-state index contributed by atoms with van der Waals surface area (Å²) in [6.07, 6.45) is 0. The summed E-state index contributed by atoms with van der Waals surface area (Å²) in [5.41, 5.74) is 1.97. The van der Waals surface area contributed by atoms with Gasteiger partial charge in [-0.2, -0.15) is 0 Å². The second-order valence-corrected chi connectivity index (χ2v) is 7.32. The SMILES string of the molecule is O=C(O)c1ccccc1SCc1nc(-c2cc3ccccc3o2)cs1. The number of aromatic nitrogens is 1. The van der Waals surface area contributed by atoms with Crippen LogP contribution >= 0.6 is 23.1 Å². The van der Waals surface area contributed by atoms with Gasteiger partial charge in [-0.1, -0.05) is 30.3 Å². The summed E-state index contributed by atoms with van der Waals surface area (Å²) in [5.74, 6) is 0.458. The van der Waals surface area contributed by atoms with E-state index < -0.39 is 5.97 Å². The molecule has 0 saturated carbocycles. The average molecular weight is 367 g/mol. The predicted octanol–water partition coefficient (Wildman–Crippen LogP) is 5.55. The third-order valence-corrected chi connectivity index (χ3v) is 5.81. The Kier molecular flexibility index (Phi) is 4.29. The van der Waals surface area contributed by atoms with Gasteiger partial charge in [-0.05, 0) is 24.3 Å². The van der Waals surface area contributed by atoms with Gasteiger partial charge in [0.15, 0.2) is 5.76 Å². The van der Waals surface area contributed by atoms with E-state index >= 15 is 0 Å². The molecule has 2 aromatic heterocycles. The number of carbonyl (C=O) groups is 1. The van der Waals surface area contributed by atoms with Crippen molar-refractivity contribution in [3.63, 3.8) is 0 Å². The Morgan fingerprint density at radius 3 is 2.80 bits per heavy atom. The highest BCUT2D eigenvalue weighted by molar-refractivity contribution is 7.98. The maximum atomic E-state index is 11.3. The number of furan rings is 1. The Hall–Kier alpha value is -2.57. The number of para-hydroxylation sites is 1. The molecule has 4 aromatic rings. The van der Waals surface area contributed by atoms with Gasteiger partial charge in [-0.3, -0.25) is 0 Å². The second kappa shape index (κ2) is 6.74. The first-order valence-electron chi connectivity index (χ1n) is 7.59. The smallest absolute Gasteiger partial charge is 0.336 e. The van der Waals surface area contributed by atoms with Gasteiger partial charge in [0.1, 0.15) is 16.3 Å². The fourth-order valence-corrected chi connectivity index (χ4v) is 4.35. The van der Waals surface area contributed by atoms with Crippen molar-refractivity contribution in [2.24, 2.45) is 0 Å². The lowest BCUT2D eigenvalue weighted by Crippen LogP contribution is -1.98. The normalized spacial score (nSPS) is 11.0. The molecule has 0 amide bonds. The number of hydrogen-bond acceptors (Lipinski definition) is 5. The number of carboxylic acids is 1. The maximum Gasteiger partial charge on any atom is 0.336 e. The van der Waals surface area contributed by atoms with Crippen molar-refractivity contribution in [2.75, 3.05) is 0 Å². The third kappa shape index (κ3) is 3.31. The van der Waals surface area contributed by atoms with Crippen molar-refractivity contribution in [1.82, 2.24) is 4.98 Å². The second-order valence-electron chi connectivity index (χ2n) is 5.36. The minimum absolute atomic E-state index is 0.321. The van der Waals surface area contributed by atoms with E-state index in [2.05, 4.69) is 4.98 Å². The molecule has 6 heteroatoms. The molecule has 25 heavy (non-hydrogen) atoms. The summed E-state index contributed by atoms with van der Waals surface area (Å²) in [5, 5.41) is 13.2. The summed E-state index contributed by atoms with van der Waals surface area (Å²) in [4.78, 5) is 16.6. The molecule has 0 fully saturated rings. The Morgan fingerprint density at radius 2 is 1.96 bits per heavy atom. The number of fused-ring (bicyclic) bond motifs is 1. The first-order chi connectivity index (χ1) is 12.2. The highest BCUT2D eigenvalue weighted by atomic mass is 32.2. The molecule has 2 heterocycles. The quantitative estimate of drug-likeness (QED) is 0.469. The van der Waals surface area contributed by atoms with E-state index in [1.807, 2.05) is 47.8 Å². The number of rotatable bonds is 5. The van der Waals surface area contributed by atoms with Gasteiger partial charge in [-0.25, -0.2) is 9.78 Å². The van der Waals surface area contributed by atoms with Crippen LogP contribution in [0.25, 0.3) is 22.4 Å². The van der Waals surface area contributed by atoms with E-state index in [0.717, 1.165) is 32.3 Å². The summed E-state index contributed by atoms with van der Waals surface area (Å²) in [6.45, 7) is 0. The zero-order valence-electron chi connectivity index (χ0n) is 13.0. The summed E-state index contributed by atoms with van der Waals surface area (Å²) in [7, 11) is 0. The average Bonchev–Trinajstić information content (AvgIpc) is 3.26. The van der Waals surface area contributed by atoms with Crippen LogP contribution in [0.3, 0.4) is 0 Å². The van der Waals surface area contributed by atoms with Crippen LogP contribution < -0.4 is 0 Å². The number of carboxylic acid groups (broad SMARTS) is 1. The van der Waals surface area contributed by atoms with E-state index in [4.69, 9.17) is 4.42 Å². The van der Waals surface area contributed by atoms with Crippen molar-refractivity contribution in [2.45, 2.75) is 10.6 Å². The molecule has 0 radical (unpaired) electrons. The molecule has 0 unspecified atom stereocenters. The molecule has 0 aliphatic rings. The Balaban J connectivity index is 1.53. The molecule has 0 spiro atoms. The standard InChI is InChI=1S/C19H13NO3S2/c21-19(22)13-6-2-4-8-17(13)24-11-18-20-14(10-25-18)16-9-12-5-1-3-7-15(12)23-16/h1-10H,11H2,(H,21,22). The predicted molar refractivity (Wildman–Crippen MR) is 100 cm³/mol. The first kappa shape index (κ1) is 15.9. The molecular formula is C19H13NO3S2. The van der Waals surface area contributed by atoms with Gasteiger partial charge >= 0.3 is 5.97 Å².